The van der Waals surface area contributed by atoms with Gasteiger partial charge < -0.3 is 5.73 Å². The summed E-state index contributed by atoms with van der Waals surface area (Å²) in [7, 11) is 0. The fourth-order valence-corrected chi connectivity index (χ4v) is 2.37. The van der Waals surface area contributed by atoms with Crippen LogP contribution in [0.25, 0.3) is 0 Å². The monoisotopic (exact) mass is 165 g/mol. The zero-order chi connectivity index (χ0) is 8.39. The molecule has 68 valence electrons. The Morgan fingerprint density at radius 2 is 1.42 bits per heavy atom. The Hall–Kier alpha value is -0.300. The van der Waals surface area contributed by atoms with E-state index in [-0.39, 0.29) is 0 Å². The molecule has 2 rings (SSSR count). The molecule has 0 bridgehead atoms. The summed E-state index contributed by atoms with van der Waals surface area (Å²) < 4.78 is 0. The third-order valence-corrected chi connectivity index (χ3v) is 3.22. The van der Waals surface area contributed by atoms with Crippen LogP contribution < -0.4 is 5.73 Å². The Balaban J connectivity index is 1.96. The predicted octanol–water partition coefficient (Wildman–Crippen LogP) is 2.76. The summed E-state index contributed by atoms with van der Waals surface area (Å²) in [6.45, 7) is 0. The maximum absolute atomic E-state index is 5.78. The summed E-state index contributed by atoms with van der Waals surface area (Å²) in [5.41, 5.74) is 9.27. The summed E-state index contributed by atoms with van der Waals surface area (Å²) in [6.07, 6.45) is 10.9. The molecule has 0 saturated heterocycles. The molecule has 0 aliphatic heterocycles. The zero-order valence-corrected chi connectivity index (χ0v) is 7.81. The van der Waals surface area contributed by atoms with Crippen molar-refractivity contribution in [3.63, 3.8) is 0 Å². The highest BCUT2D eigenvalue weighted by atomic mass is 14.7. The molecule has 0 aromatic heterocycles. The van der Waals surface area contributed by atoms with E-state index in [1.165, 1.54) is 51.4 Å². The van der Waals surface area contributed by atoms with E-state index in [0.29, 0.717) is 6.04 Å². The highest BCUT2D eigenvalue weighted by molar-refractivity contribution is 5.23. The zero-order valence-electron chi connectivity index (χ0n) is 7.81. The van der Waals surface area contributed by atoms with Gasteiger partial charge in [0.15, 0.2) is 0 Å². The van der Waals surface area contributed by atoms with Crippen LogP contribution in [0.1, 0.15) is 51.4 Å². The van der Waals surface area contributed by atoms with E-state index in [0.717, 1.165) is 0 Å². The third kappa shape index (κ3) is 1.71. The van der Waals surface area contributed by atoms with E-state index in [1.807, 2.05) is 0 Å². The fourth-order valence-electron chi connectivity index (χ4n) is 2.37. The van der Waals surface area contributed by atoms with Crippen LogP contribution >= 0.6 is 0 Å². The molecule has 0 spiro atoms. The number of hydrogen-bond donors (Lipinski definition) is 1. The second-order valence-electron chi connectivity index (χ2n) is 4.29. The van der Waals surface area contributed by atoms with Gasteiger partial charge in [0.05, 0.1) is 0 Å². The average Bonchev–Trinajstić information content (AvgIpc) is 2.26. The van der Waals surface area contributed by atoms with Gasteiger partial charge in [0.1, 0.15) is 0 Å². The van der Waals surface area contributed by atoms with Crippen molar-refractivity contribution in [1.29, 1.82) is 0 Å². The van der Waals surface area contributed by atoms with Crippen molar-refractivity contribution in [2.24, 2.45) is 5.73 Å². The lowest BCUT2D eigenvalue weighted by molar-refractivity contribution is 0.526. The van der Waals surface area contributed by atoms with Crippen molar-refractivity contribution in [3.8, 4) is 0 Å². The first kappa shape index (κ1) is 8.31. The average molecular weight is 165 g/mol. The molecule has 0 amide bonds. The molecule has 2 N–H and O–H groups in total. The number of allylic oxidation sites excluding steroid dienone is 1. The molecule has 2 aliphatic rings. The molecule has 2 aliphatic carbocycles. The Labute approximate surface area is 75.0 Å². The smallest absolute Gasteiger partial charge is 0.0114 e. The predicted molar refractivity (Wildman–Crippen MR) is 51.9 cm³/mol. The second kappa shape index (κ2) is 3.61. The van der Waals surface area contributed by atoms with Crippen molar-refractivity contribution in [3.05, 3.63) is 11.1 Å². The van der Waals surface area contributed by atoms with E-state index in [4.69, 9.17) is 5.73 Å². The van der Waals surface area contributed by atoms with Gasteiger partial charge in [0, 0.05) is 6.04 Å². The standard InChI is InChI=1S/C11H19N/c12-11-7-10(8-11)9-5-3-1-2-4-6-9/h11H,1-8,12H2. The van der Waals surface area contributed by atoms with Crippen LogP contribution in [0.3, 0.4) is 0 Å². The lowest BCUT2D eigenvalue weighted by Crippen LogP contribution is -2.31. The number of rotatable bonds is 0. The summed E-state index contributed by atoms with van der Waals surface area (Å²) in [5.74, 6) is 0. The fraction of sp³-hybridized carbons (Fsp3) is 0.818. The molecule has 0 heterocycles. The van der Waals surface area contributed by atoms with Crippen LogP contribution in [-0.4, -0.2) is 6.04 Å². The van der Waals surface area contributed by atoms with Crippen molar-refractivity contribution in [2.75, 3.05) is 0 Å². The second-order valence-corrected chi connectivity index (χ2v) is 4.29. The molecule has 0 atom stereocenters. The minimum atomic E-state index is 0.496. The van der Waals surface area contributed by atoms with Gasteiger partial charge in [-0.15, -0.1) is 0 Å². The Morgan fingerprint density at radius 1 is 0.833 bits per heavy atom. The first-order chi connectivity index (χ1) is 5.86. The Morgan fingerprint density at radius 3 is 1.92 bits per heavy atom. The number of hydrogen-bond acceptors (Lipinski definition) is 1. The maximum atomic E-state index is 5.78. The minimum absolute atomic E-state index is 0.496. The maximum Gasteiger partial charge on any atom is 0.0114 e. The van der Waals surface area contributed by atoms with Gasteiger partial charge in [-0.3, -0.25) is 0 Å². The van der Waals surface area contributed by atoms with E-state index in [1.54, 1.807) is 11.1 Å². The lowest BCUT2D eigenvalue weighted by Gasteiger charge is -2.28. The third-order valence-electron chi connectivity index (χ3n) is 3.22. The van der Waals surface area contributed by atoms with E-state index in [9.17, 15) is 0 Å². The van der Waals surface area contributed by atoms with E-state index in [2.05, 4.69) is 0 Å². The van der Waals surface area contributed by atoms with Crippen molar-refractivity contribution < 1.29 is 0 Å². The van der Waals surface area contributed by atoms with Gasteiger partial charge in [-0.25, -0.2) is 0 Å². The summed E-state index contributed by atoms with van der Waals surface area (Å²) in [5, 5.41) is 0. The van der Waals surface area contributed by atoms with Crippen LogP contribution in [0, 0.1) is 0 Å². The van der Waals surface area contributed by atoms with Crippen LogP contribution in [0.15, 0.2) is 11.1 Å². The van der Waals surface area contributed by atoms with Gasteiger partial charge in [-0.1, -0.05) is 24.0 Å². The van der Waals surface area contributed by atoms with Crippen molar-refractivity contribution >= 4 is 0 Å². The van der Waals surface area contributed by atoms with Crippen molar-refractivity contribution in [1.82, 2.24) is 0 Å². The van der Waals surface area contributed by atoms with Gasteiger partial charge >= 0.3 is 0 Å². The van der Waals surface area contributed by atoms with Crippen LogP contribution in [0.2, 0.25) is 0 Å². The molecular weight excluding hydrogens is 146 g/mol. The molecular formula is C11H19N. The molecule has 0 aromatic carbocycles. The normalized spacial score (nSPS) is 31.2. The summed E-state index contributed by atoms with van der Waals surface area (Å²) >= 11 is 0. The molecule has 0 aromatic rings. The van der Waals surface area contributed by atoms with E-state index >= 15 is 0 Å². The Bertz CT molecular complexity index is 175. The molecule has 1 heteroatoms. The molecule has 2 fully saturated rings. The van der Waals surface area contributed by atoms with Crippen LogP contribution in [0.5, 0.6) is 0 Å². The number of nitrogens with two attached hydrogens (primary N) is 1. The minimum Gasteiger partial charge on any atom is -0.327 e. The molecule has 12 heavy (non-hydrogen) atoms. The highest BCUT2D eigenvalue weighted by Crippen LogP contribution is 2.34. The van der Waals surface area contributed by atoms with Crippen molar-refractivity contribution in [2.45, 2.75) is 57.4 Å². The topological polar surface area (TPSA) is 26.0 Å². The van der Waals surface area contributed by atoms with Crippen LogP contribution in [0.4, 0.5) is 0 Å². The first-order valence-electron chi connectivity index (χ1n) is 5.31. The molecule has 2 saturated carbocycles. The quantitative estimate of drug-likeness (QED) is 0.433. The highest BCUT2D eigenvalue weighted by Gasteiger charge is 2.22. The summed E-state index contributed by atoms with van der Waals surface area (Å²) in [6, 6.07) is 0.496. The largest absolute Gasteiger partial charge is 0.327 e. The van der Waals surface area contributed by atoms with Crippen LogP contribution in [-0.2, 0) is 0 Å². The van der Waals surface area contributed by atoms with Gasteiger partial charge in [0.25, 0.3) is 0 Å². The molecule has 0 radical (unpaired) electrons. The summed E-state index contributed by atoms with van der Waals surface area (Å²) in [4.78, 5) is 0. The van der Waals surface area contributed by atoms with Gasteiger partial charge in [-0.2, -0.15) is 0 Å². The lowest BCUT2D eigenvalue weighted by atomic mass is 9.81. The van der Waals surface area contributed by atoms with Gasteiger partial charge in [0.2, 0.25) is 0 Å². The molecule has 1 nitrogen and oxygen atoms in total. The SMILES string of the molecule is NC1CC(=C2CCCCCC2)C1. The van der Waals surface area contributed by atoms with E-state index < -0.39 is 0 Å². The van der Waals surface area contributed by atoms with Gasteiger partial charge in [-0.05, 0) is 38.5 Å². The first-order valence-corrected chi connectivity index (χ1v) is 5.31. The Kier molecular flexibility index (Phi) is 2.50. The molecule has 0 unspecified atom stereocenters.